The lowest BCUT2D eigenvalue weighted by Gasteiger charge is -2.18. The summed E-state index contributed by atoms with van der Waals surface area (Å²) in [5.74, 6) is 1.93. The minimum Gasteiger partial charge on any atom is -0.497 e. The van der Waals surface area contributed by atoms with Gasteiger partial charge < -0.3 is 14.5 Å². The molecule has 0 spiro atoms. The van der Waals surface area contributed by atoms with Gasteiger partial charge >= 0.3 is 0 Å². The van der Waals surface area contributed by atoms with Crippen LogP contribution < -0.4 is 10.1 Å². The van der Waals surface area contributed by atoms with Crippen LogP contribution in [-0.4, -0.2) is 13.7 Å². The number of methoxy groups -OCH3 is 1. The van der Waals surface area contributed by atoms with Crippen LogP contribution in [0.4, 0.5) is 0 Å². The highest BCUT2D eigenvalue weighted by molar-refractivity contribution is 5.30. The molecule has 0 saturated heterocycles. The van der Waals surface area contributed by atoms with Crippen LogP contribution in [0.3, 0.4) is 0 Å². The summed E-state index contributed by atoms with van der Waals surface area (Å²) in [6.45, 7) is 3.07. The molecule has 0 aliphatic carbocycles. The zero-order chi connectivity index (χ0) is 13.5. The van der Waals surface area contributed by atoms with Crippen LogP contribution >= 0.6 is 0 Å². The summed E-state index contributed by atoms with van der Waals surface area (Å²) in [5, 5.41) is 3.52. The van der Waals surface area contributed by atoms with Crippen LogP contribution in [0, 0.1) is 0 Å². The first kappa shape index (κ1) is 13.7. The number of benzene rings is 1. The van der Waals surface area contributed by atoms with Gasteiger partial charge in [-0.05, 0) is 42.8 Å². The van der Waals surface area contributed by atoms with Gasteiger partial charge in [0.2, 0.25) is 0 Å². The third-order valence-corrected chi connectivity index (χ3v) is 3.21. The molecule has 0 amide bonds. The lowest BCUT2D eigenvalue weighted by molar-refractivity contribution is 0.411. The topological polar surface area (TPSA) is 34.4 Å². The molecule has 1 atom stereocenters. The van der Waals surface area contributed by atoms with Crippen molar-refractivity contribution in [1.29, 1.82) is 0 Å². The van der Waals surface area contributed by atoms with E-state index in [-0.39, 0.29) is 0 Å². The van der Waals surface area contributed by atoms with Gasteiger partial charge in [0.1, 0.15) is 11.5 Å². The molecule has 1 aromatic heterocycles. The smallest absolute Gasteiger partial charge is 0.119 e. The second-order valence-corrected chi connectivity index (χ2v) is 4.50. The zero-order valence-corrected chi connectivity index (χ0v) is 11.6. The van der Waals surface area contributed by atoms with Crippen molar-refractivity contribution >= 4 is 0 Å². The van der Waals surface area contributed by atoms with E-state index in [1.807, 2.05) is 24.3 Å². The molecule has 0 aliphatic rings. The number of aryl methyl sites for hydroxylation is 1. The Morgan fingerprint density at radius 1 is 1.26 bits per heavy atom. The fourth-order valence-corrected chi connectivity index (χ4v) is 2.23. The molecule has 19 heavy (non-hydrogen) atoms. The van der Waals surface area contributed by atoms with Crippen molar-refractivity contribution in [2.75, 3.05) is 13.7 Å². The van der Waals surface area contributed by atoms with Crippen LogP contribution in [0.1, 0.15) is 30.7 Å². The SMILES string of the molecule is CCNC(CCc1ccco1)c1cccc(OC)c1. The first-order chi connectivity index (χ1) is 9.33. The van der Waals surface area contributed by atoms with Gasteiger partial charge in [0.15, 0.2) is 0 Å². The Morgan fingerprint density at radius 2 is 2.16 bits per heavy atom. The maximum absolute atomic E-state index is 5.39. The fourth-order valence-electron chi connectivity index (χ4n) is 2.23. The molecule has 2 rings (SSSR count). The Labute approximate surface area is 114 Å². The van der Waals surface area contributed by atoms with Crippen LogP contribution in [0.15, 0.2) is 47.1 Å². The number of nitrogens with one attached hydrogen (secondary N) is 1. The van der Waals surface area contributed by atoms with E-state index in [1.54, 1.807) is 13.4 Å². The molecule has 0 saturated carbocycles. The third kappa shape index (κ3) is 3.86. The van der Waals surface area contributed by atoms with E-state index >= 15 is 0 Å². The molecule has 1 aromatic carbocycles. The number of furan rings is 1. The Morgan fingerprint density at radius 3 is 2.84 bits per heavy atom. The highest BCUT2D eigenvalue weighted by atomic mass is 16.5. The van der Waals surface area contributed by atoms with Gasteiger partial charge in [0.05, 0.1) is 13.4 Å². The van der Waals surface area contributed by atoms with Crippen molar-refractivity contribution in [3.63, 3.8) is 0 Å². The maximum Gasteiger partial charge on any atom is 0.119 e. The molecule has 0 aliphatic heterocycles. The first-order valence-corrected chi connectivity index (χ1v) is 6.73. The van der Waals surface area contributed by atoms with Crippen molar-refractivity contribution in [2.45, 2.75) is 25.8 Å². The van der Waals surface area contributed by atoms with Crippen molar-refractivity contribution in [1.82, 2.24) is 5.32 Å². The summed E-state index contributed by atoms with van der Waals surface area (Å²) in [6, 6.07) is 12.5. The lowest BCUT2D eigenvalue weighted by Crippen LogP contribution is -2.21. The molecule has 0 radical (unpaired) electrons. The molecule has 0 bridgehead atoms. The molecule has 2 aromatic rings. The number of rotatable bonds is 7. The maximum atomic E-state index is 5.39. The van der Waals surface area contributed by atoms with E-state index < -0.39 is 0 Å². The van der Waals surface area contributed by atoms with E-state index in [9.17, 15) is 0 Å². The standard InChI is InChI=1S/C16H21NO2/c1-3-17-16(10-9-14-8-5-11-19-14)13-6-4-7-15(12-13)18-2/h4-8,11-12,16-17H,3,9-10H2,1-2H3. The number of hydrogen-bond acceptors (Lipinski definition) is 3. The van der Waals surface area contributed by atoms with Crippen LogP contribution in [0.25, 0.3) is 0 Å². The summed E-state index contributed by atoms with van der Waals surface area (Å²) in [7, 11) is 1.70. The fraction of sp³-hybridized carbons (Fsp3) is 0.375. The quantitative estimate of drug-likeness (QED) is 0.825. The summed E-state index contributed by atoms with van der Waals surface area (Å²) < 4.78 is 10.7. The molecular formula is C16H21NO2. The van der Waals surface area contributed by atoms with E-state index in [2.05, 4.69) is 24.4 Å². The van der Waals surface area contributed by atoms with Crippen LogP contribution in [0.2, 0.25) is 0 Å². The van der Waals surface area contributed by atoms with E-state index in [1.165, 1.54) is 5.56 Å². The van der Waals surface area contributed by atoms with Crippen molar-refractivity contribution in [3.05, 3.63) is 54.0 Å². The van der Waals surface area contributed by atoms with Crippen LogP contribution in [0.5, 0.6) is 5.75 Å². The molecule has 0 fully saturated rings. The van der Waals surface area contributed by atoms with Crippen molar-refractivity contribution < 1.29 is 9.15 Å². The molecule has 3 nitrogen and oxygen atoms in total. The van der Waals surface area contributed by atoms with Gasteiger partial charge in [-0.3, -0.25) is 0 Å². The number of hydrogen-bond donors (Lipinski definition) is 1. The molecule has 1 unspecified atom stereocenters. The van der Waals surface area contributed by atoms with Gasteiger partial charge in [0.25, 0.3) is 0 Å². The summed E-state index contributed by atoms with van der Waals surface area (Å²) >= 11 is 0. The van der Waals surface area contributed by atoms with E-state index in [0.717, 1.165) is 30.9 Å². The molecular weight excluding hydrogens is 238 g/mol. The van der Waals surface area contributed by atoms with Crippen molar-refractivity contribution in [2.24, 2.45) is 0 Å². The Bertz CT molecular complexity index is 479. The minimum absolute atomic E-state index is 0.324. The summed E-state index contributed by atoms with van der Waals surface area (Å²) in [6.07, 6.45) is 3.67. The van der Waals surface area contributed by atoms with Gasteiger partial charge in [-0.25, -0.2) is 0 Å². The second kappa shape index (κ2) is 7.00. The van der Waals surface area contributed by atoms with Crippen molar-refractivity contribution in [3.8, 4) is 5.75 Å². The minimum atomic E-state index is 0.324. The van der Waals surface area contributed by atoms with E-state index in [0.29, 0.717) is 6.04 Å². The predicted molar refractivity (Wildman–Crippen MR) is 76.4 cm³/mol. The summed E-state index contributed by atoms with van der Waals surface area (Å²) in [4.78, 5) is 0. The lowest BCUT2D eigenvalue weighted by atomic mass is 10.0. The third-order valence-electron chi connectivity index (χ3n) is 3.21. The van der Waals surface area contributed by atoms with Gasteiger partial charge in [-0.1, -0.05) is 19.1 Å². The Kier molecular flexibility index (Phi) is 5.04. The predicted octanol–water partition coefficient (Wildman–Crippen LogP) is 3.57. The zero-order valence-electron chi connectivity index (χ0n) is 11.6. The largest absolute Gasteiger partial charge is 0.497 e. The molecule has 1 heterocycles. The van der Waals surface area contributed by atoms with E-state index in [4.69, 9.17) is 9.15 Å². The van der Waals surface area contributed by atoms with Crippen LogP contribution in [-0.2, 0) is 6.42 Å². The first-order valence-electron chi connectivity index (χ1n) is 6.73. The summed E-state index contributed by atoms with van der Waals surface area (Å²) in [5.41, 5.74) is 1.26. The Balaban J connectivity index is 2.05. The monoisotopic (exact) mass is 259 g/mol. The molecule has 102 valence electrons. The normalized spacial score (nSPS) is 12.3. The molecule has 3 heteroatoms. The van der Waals surface area contributed by atoms with Gasteiger partial charge in [0, 0.05) is 12.5 Å². The molecule has 1 N–H and O–H groups in total. The average Bonchev–Trinajstić information content (AvgIpc) is 2.97. The van der Waals surface area contributed by atoms with Gasteiger partial charge in [-0.15, -0.1) is 0 Å². The highest BCUT2D eigenvalue weighted by Gasteiger charge is 2.11. The highest BCUT2D eigenvalue weighted by Crippen LogP contribution is 2.23. The Hall–Kier alpha value is -1.74. The van der Waals surface area contributed by atoms with Gasteiger partial charge in [-0.2, -0.15) is 0 Å². The second-order valence-electron chi connectivity index (χ2n) is 4.50. The number of ether oxygens (including phenoxy) is 1. The average molecular weight is 259 g/mol.